The zero-order valence-electron chi connectivity index (χ0n) is 14.9. The maximum Gasteiger partial charge on any atom is 0.338 e. The molecule has 0 saturated heterocycles. The van der Waals surface area contributed by atoms with Crippen molar-refractivity contribution >= 4 is 27.6 Å². The third-order valence-electron chi connectivity index (χ3n) is 3.78. The van der Waals surface area contributed by atoms with E-state index in [0.29, 0.717) is 0 Å². The zero-order chi connectivity index (χ0) is 20.2. The Labute approximate surface area is 156 Å². The third kappa shape index (κ3) is 4.82. The van der Waals surface area contributed by atoms with Gasteiger partial charge in [-0.05, 0) is 50.2 Å². The second-order valence-electron chi connectivity index (χ2n) is 5.71. The fraction of sp³-hybridized carbons (Fsp3) is 0.222. The van der Waals surface area contributed by atoms with Crippen LogP contribution in [0.25, 0.3) is 0 Å². The highest BCUT2D eigenvalue weighted by Gasteiger charge is 2.20. The summed E-state index contributed by atoms with van der Waals surface area (Å²) in [6.07, 6.45) is -0.961. The number of likely N-dealkylation sites (N-methyl/N-ethyl adjacent to an activating group) is 1. The highest BCUT2D eigenvalue weighted by Crippen LogP contribution is 2.21. The summed E-state index contributed by atoms with van der Waals surface area (Å²) < 4.78 is 45.8. The summed E-state index contributed by atoms with van der Waals surface area (Å²) in [4.78, 5) is 23.2. The Bertz CT molecular complexity index is 958. The normalized spacial score (nSPS) is 12.1. The van der Waals surface area contributed by atoms with Gasteiger partial charge in [0.1, 0.15) is 5.82 Å². The first-order chi connectivity index (χ1) is 12.7. The van der Waals surface area contributed by atoms with Crippen molar-refractivity contribution in [2.45, 2.75) is 24.8 Å². The van der Waals surface area contributed by atoms with Gasteiger partial charge in [-0.3, -0.25) is 9.52 Å². The van der Waals surface area contributed by atoms with Crippen LogP contribution < -0.4 is 10.0 Å². The molecule has 27 heavy (non-hydrogen) atoms. The second kappa shape index (κ2) is 8.17. The van der Waals surface area contributed by atoms with E-state index in [9.17, 15) is 22.4 Å². The van der Waals surface area contributed by atoms with Crippen molar-refractivity contribution in [3.8, 4) is 0 Å². The predicted octanol–water partition coefficient (Wildman–Crippen LogP) is 2.23. The predicted molar refractivity (Wildman–Crippen MR) is 97.3 cm³/mol. The molecule has 2 aromatic rings. The molecule has 2 N–H and O–H groups in total. The first-order valence-corrected chi connectivity index (χ1v) is 9.44. The van der Waals surface area contributed by atoms with Gasteiger partial charge in [0.2, 0.25) is 0 Å². The molecule has 2 rings (SSSR count). The molecule has 0 bridgehead atoms. The molecule has 0 aliphatic heterocycles. The topological polar surface area (TPSA) is 102 Å². The molecule has 0 aliphatic carbocycles. The Balaban J connectivity index is 2.14. The van der Waals surface area contributed by atoms with Crippen molar-refractivity contribution in [2.75, 3.05) is 11.8 Å². The van der Waals surface area contributed by atoms with Gasteiger partial charge >= 0.3 is 5.97 Å². The Morgan fingerprint density at radius 1 is 1.11 bits per heavy atom. The largest absolute Gasteiger partial charge is 0.449 e. The molecule has 0 unspecified atom stereocenters. The lowest BCUT2D eigenvalue weighted by molar-refractivity contribution is -0.128. The fourth-order valence-electron chi connectivity index (χ4n) is 2.25. The molecule has 1 amide bonds. The molecule has 0 saturated carbocycles. The number of esters is 1. The van der Waals surface area contributed by atoms with Crippen LogP contribution in [-0.4, -0.2) is 33.4 Å². The number of anilines is 1. The first-order valence-electron chi connectivity index (χ1n) is 7.96. The minimum absolute atomic E-state index is 0.00777. The Morgan fingerprint density at radius 3 is 2.33 bits per heavy atom. The van der Waals surface area contributed by atoms with Crippen LogP contribution in [0.15, 0.2) is 47.4 Å². The summed E-state index contributed by atoms with van der Waals surface area (Å²) in [5.41, 5.74) is 0.346. The molecule has 9 heteroatoms. The fourth-order valence-corrected chi connectivity index (χ4v) is 3.56. The van der Waals surface area contributed by atoms with E-state index in [1.807, 2.05) is 0 Å². The van der Waals surface area contributed by atoms with Gasteiger partial charge in [-0.1, -0.05) is 6.07 Å². The van der Waals surface area contributed by atoms with Crippen molar-refractivity contribution in [3.63, 3.8) is 0 Å². The van der Waals surface area contributed by atoms with Gasteiger partial charge in [0.15, 0.2) is 6.10 Å². The molecule has 0 aromatic heterocycles. The summed E-state index contributed by atoms with van der Waals surface area (Å²) in [6.45, 7) is 2.80. The molecule has 2 aromatic carbocycles. The van der Waals surface area contributed by atoms with Crippen LogP contribution in [0, 0.1) is 12.7 Å². The number of nitrogens with one attached hydrogen (secondary N) is 2. The number of halogens is 1. The van der Waals surface area contributed by atoms with E-state index in [2.05, 4.69) is 10.0 Å². The van der Waals surface area contributed by atoms with Crippen molar-refractivity contribution in [1.82, 2.24) is 5.32 Å². The molecular weight excluding hydrogens is 375 g/mol. The number of carbonyl (C=O) groups is 2. The van der Waals surface area contributed by atoms with Gasteiger partial charge in [-0.25, -0.2) is 17.6 Å². The molecule has 0 heterocycles. The molecule has 7 nitrogen and oxygen atoms in total. The Hall–Kier alpha value is -2.94. The number of carbonyl (C=O) groups excluding carboxylic acids is 2. The molecule has 144 valence electrons. The number of amides is 1. The van der Waals surface area contributed by atoms with Crippen LogP contribution >= 0.6 is 0 Å². The van der Waals surface area contributed by atoms with E-state index in [1.54, 1.807) is 0 Å². The second-order valence-corrected chi connectivity index (χ2v) is 7.36. The van der Waals surface area contributed by atoms with Crippen LogP contribution in [0.2, 0.25) is 0 Å². The highest BCUT2D eigenvalue weighted by molar-refractivity contribution is 7.92. The van der Waals surface area contributed by atoms with Crippen molar-refractivity contribution in [3.05, 3.63) is 59.4 Å². The van der Waals surface area contributed by atoms with Gasteiger partial charge in [0, 0.05) is 18.3 Å². The lowest BCUT2D eigenvalue weighted by Gasteiger charge is -2.13. The molecular formula is C18H19FN2O5S. The lowest BCUT2D eigenvalue weighted by Crippen LogP contribution is -2.33. The molecule has 0 spiro atoms. The third-order valence-corrected chi connectivity index (χ3v) is 5.31. The van der Waals surface area contributed by atoms with E-state index in [4.69, 9.17) is 4.74 Å². The molecule has 1 atom stereocenters. The SMILES string of the molecule is CNC(=O)[C@@H](C)OC(=O)c1ccc(NS(=O)(=O)c2cccc(F)c2C)cc1. The van der Waals surface area contributed by atoms with E-state index < -0.39 is 33.8 Å². The number of rotatable bonds is 6. The number of hydrogen-bond acceptors (Lipinski definition) is 5. The summed E-state index contributed by atoms with van der Waals surface area (Å²) >= 11 is 0. The van der Waals surface area contributed by atoms with Crippen LogP contribution in [0.3, 0.4) is 0 Å². The van der Waals surface area contributed by atoms with Gasteiger partial charge in [0.05, 0.1) is 10.5 Å². The van der Waals surface area contributed by atoms with Crippen LogP contribution in [0.4, 0.5) is 10.1 Å². The Morgan fingerprint density at radius 2 is 1.74 bits per heavy atom. The highest BCUT2D eigenvalue weighted by atomic mass is 32.2. The summed E-state index contributed by atoms with van der Waals surface area (Å²) in [6, 6.07) is 9.23. The number of sulfonamides is 1. The monoisotopic (exact) mass is 394 g/mol. The minimum atomic E-state index is -3.99. The maximum atomic E-state index is 13.6. The van der Waals surface area contributed by atoms with E-state index >= 15 is 0 Å². The summed E-state index contributed by atoms with van der Waals surface area (Å²) in [5.74, 6) is -1.79. The van der Waals surface area contributed by atoms with Crippen molar-refractivity contribution < 1.29 is 27.1 Å². The number of ether oxygens (including phenoxy) is 1. The molecule has 0 radical (unpaired) electrons. The summed E-state index contributed by atoms with van der Waals surface area (Å²) in [7, 11) is -2.57. The summed E-state index contributed by atoms with van der Waals surface area (Å²) in [5, 5.41) is 2.36. The number of hydrogen-bond donors (Lipinski definition) is 2. The van der Waals surface area contributed by atoms with Gasteiger partial charge in [0.25, 0.3) is 15.9 Å². The zero-order valence-corrected chi connectivity index (χ0v) is 15.8. The quantitative estimate of drug-likeness (QED) is 0.732. The van der Waals surface area contributed by atoms with E-state index in [-0.39, 0.29) is 21.7 Å². The van der Waals surface area contributed by atoms with E-state index in [0.717, 1.165) is 0 Å². The minimum Gasteiger partial charge on any atom is -0.449 e. The molecule has 0 aliphatic rings. The average Bonchev–Trinajstić information content (AvgIpc) is 2.63. The lowest BCUT2D eigenvalue weighted by atomic mass is 10.2. The molecule has 0 fully saturated rings. The van der Waals surface area contributed by atoms with E-state index in [1.165, 1.54) is 63.4 Å². The van der Waals surface area contributed by atoms with Crippen molar-refractivity contribution in [2.24, 2.45) is 0 Å². The first kappa shape index (κ1) is 20.4. The van der Waals surface area contributed by atoms with Crippen LogP contribution in [-0.2, 0) is 19.6 Å². The average molecular weight is 394 g/mol. The van der Waals surface area contributed by atoms with Gasteiger partial charge in [-0.15, -0.1) is 0 Å². The smallest absolute Gasteiger partial charge is 0.338 e. The van der Waals surface area contributed by atoms with Crippen molar-refractivity contribution in [1.29, 1.82) is 0 Å². The van der Waals surface area contributed by atoms with Gasteiger partial charge < -0.3 is 10.1 Å². The van der Waals surface area contributed by atoms with Gasteiger partial charge in [-0.2, -0.15) is 0 Å². The standard InChI is InChI=1S/C18H19FN2O5S/c1-11-15(19)5-4-6-16(11)27(24,25)21-14-9-7-13(8-10-14)18(23)26-12(2)17(22)20-3/h4-10,12,21H,1-3H3,(H,20,22)/t12-/m1/s1. The number of benzene rings is 2. The van der Waals surface area contributed by atoms with Crippen LogP contribution in [0.1, 0.15) is 22.8 Å². The Kier molecular flexibility index (Phi) is 6.17. The maximum absolute atomic E-state index is 13.6. The van der Waals surface area contributed by atoms with Crippen LogP contribution in [0.5, 0.6) is 0 Å².